The number of ether oxygens (including phenoxy) is 2. The summed E-state index contributed by atoms with van der Waals surface area (Å²) >= 11 is 1.28. The topological polar surface area (TPSA) is 89.5 Å². The molecule has 0 saturated heterocycles. The van der Waals surface area contributed by atoms with Gasteiger partial charge < -0.3 is 14.8 Å². The maximum absolute atomic E-state index is 12.8. The van der Waals surface area contributed by atoms with Crippen LogP contribution in [-0.4, -0.2) is 23.6 Å². The van der Waals surface area contributed by atoms with E-state index in [2.05, 4.69) is 15.6 Å². The standard InChI is InChI=1S/C22H17N3O4S/c26-20(9-7-15-4-2-1-3-5-15)24-17(21(27)25-22-23-10-11-30-22)12-16-6-8-18-19(13-16)29-14-28-18/h1-13H,14H2,(H,24,26)(H,23,25,27)/b9-7+,17-12-. The number of hydrogen-bond acceptors (Lipinski definition) is 6. The molecule has 0 radical (unpaired) electrons. The van der Waals surface area contributed by atoms with Gasteiger partial charge in [-0.1, -0.05) is 36.4 Å². The van der Waals surface area contributed by atoms with E-state index in [1.807, 2.05) is 30.3 Å². The monoisotopic (exact) mass is 419 g/mol. The van der Waals surface area contributed by atoms with E-state index in [0.717, 1.165) is 5.56 Å². The molecule has 0 unspecified atom stereocenters. The molecule has 0 fully saturated rings. The van der Waals surface area contributed by atoms with Crippen molar-refractivity contribution in [3.8, 4) is 11.5 Å². The number of aromatic nitrogens is 1. The zero-order chi connectivity index (χ0) is 20.8. The van der Waals surface area contributed by atoms with Crippen LogP contribution in [0.5, 0.6) is 11.5 Å². The first-order chi connectivity index (χ1) is 14.7. The molecule has 1 aromatic heterocycles. The lowest BCUT2D eigenvalue weighted by Gasteiger charge is -2.08. The van der Waals surface area contributed by atoms with Crippen molar-refractivity contribution in [2.45, 2.75) is 0 Å². The van der Waals surface area contributed by atoms with Gasteiger partial charge in [0.2, 0.25) is 12.7 Å². The molecule has 4 rings (SSSR count). The fourth-order valence-electron chi connectivity index (χ4n) is 2.69. The maximum Gasteiger partial charge on any atom is 0.273 e. The van der Waals surface area contributed by atoms with Crippen LogP contribution in [0, 0.1) is 0 Å². The number of benzene rings is 2. The van der Waals surface area contributed by atoms with Crippen molar-refractivity contribution in [3.05, 3.63) is 83.0 Å². The molecule has 1 aliphatic heterocycles. The van der Waals surface area contributed by atoms with E-state index in [9.17, 15) is 9.59 Å². The van der Waals surface area contributed by atoms with E-state index in [0.29, 0.717) is 22.2 Å². The summed E-state index contributed by atoms with van der Waals surface area (Å²) in [6.07, 6.45) is 6.20. The number of amides is 2. The molecule has 1 aliphatic rings. The van der Waals surface area contributed by atoms with Gasteiger partial charge in [0.25, 0.3) is 5.91 Å². The molecule has 0 bridgehead atoms. The number of hydrogen-bond donors (Lipinski definition) is 2. The summed E-state index contributed by atoms with van der Waals surface area (Å²) in [6, 6.07) is 14.7. The van der Waals surface area contributed by atoms with Gasteiger partial charge in [-0.15, -0.1) is 11.3 Å². The Hall–Kier alpha value is -3.91. The average molecular weight is 419 g/mol. The number of carbonyl (C=O) groups is 2. The van der Waals surface area contributed by atoms with E-state index in [1.54, 1.807) is 41.9 Å². The highest BCUT2D eigenvalue weighted by Gasteiger charge is 2.16. The molecule has 2 aromatic carbocycles. The Morgan fingerprint density at radius 3 is 2.67 bits per heavy atom. The Morgan fingerprint density at radius 2 is 1.87 bits per heavy atom. The molecule has 7 nitrogen and oxygen atoms in total. The number of rotatable bonds is 6. The van der Waals surface area contributed by atoms with E-state index in [1.165, 1.54) is 17.4 Å². The highest BCUT2D eigenvalue weighted by molar-refractivity contribution is 7.13. The SMILES string of the molecule is O=C(/C=C/c1ccccc1)N/C(=C\c1ccc2c(c1)OCO2)C(=O)Nc1nccs1. The summed E-state index contributed by atoms with van der Waals surface area (Å²) in [5.41, 5.74) is 1.63. The van der Waals surface area contributed by atoms with Crippen molar-refractivity contribution in [3.63, 3.8) is 0 Å². The number of thiazole rings is 1. The van der Waals surface area contributed by atoms with Crippen LogP contribution in [0.2, 0.25) is 0 Å². The molecule has 8 heteroatoms. The van der Waals surface area contributed by atoms with Gasteiger partial charge in [0.15, 0.2) is 16.6 Å². The summed E-state index contributed by atoms with van der Waals surface area (Å²) in [4.78, 5) is 29.2. The van der Waals surface area contributed by atoms with Crippen LogP contribution in [-0.2, 0) is 9.59 Å². The second-order valence-electron chi connectivity index (χ2n) is 6.20. The molecular formula is C22H17N3O4S. The fourth-order valence-corrected chi connectivity index (χ4v) is 3.21. The van der Waals surface area contributed by atoms with Crippen LogP contribution in [0.25, 0.3) is 12.2 Å². The minimum Gasteiger partial charge on any atom is -0.454 e. The van der Waals surface area contributed by atoms with Crippen LogP contribution in [0.1, 0.15) is 11.1 Å². The van der Waals surface area contributed by atoms with E-state index >= 15 is 0 Å². The quantitative estimate of drug-likeness (QED) is 0.595. The molecular weight excluding hydrogens is 402 g/mol. The highest BCUT2D eigenvalue weighted by Crippen LogP contribution is 2.33. The van der Waals surface area contributed by atoms with Crippen molar-refractivity contribution in [2.75, 3.05) is 12.1 Å². The maximum atomic E-state index is 12.8. The molecule has 2 heterocycles. The zero-order valence-electron chi connectivity index (χ0n) is 15.7. The van der Waals surface area contributed by atoms with Gasteiger partial charge in [0, 0.05) is 17.7 Å². The Morgan fingerprint density at radius 1 is 1.03 bits per heavy atom. The van der Waals surface area contributed by atoms with Crippen molar-refractivity contribution in [1.29, 1.82) is 0 Å². The van der Waals surface area contributed by atoms with Crippen molar-refractivity contribution < 1.29 is 19.1 Å². The van der Waals surface area contributed by atoms with Crippen LogP contribution in [0.15, 0.2) is 71.9 Å². The normalized spacial score (nSPS) is 12.7. The van der Waals surface area contributed by atoms with Crippen LogP contribution in [0.3, 0.4) is 0 Å². The third kappa shape index (κ3) is 4.92. The smallest absolute Gasteiger partial charge is 0.273 e. The number of nitrogens with zero attached hydrogens (tertiary/aromatic N) is 1. The highest BCUT2D eigenvalue weighted by atomic mass is 32.1. The van der Waals surface area contributed by atoms with Crippen LogP contribution < -0.4 is 20.1 Å². The van der Waals surface area contributed by atoms with Gasteiger partial charge >= 0.3 is 0 Å². The van der Waals surface area contributed by atoms with Gasteiger partial charge in [-0.05, 0) is 35.4 Å². The van der Waals surface area contributed by atoms with E-state index < -0.39 is 11.8 Å². The lowest BCUT2D eigenvalue weighted by molar-refractivity contribution is -0.118. The zero-order valence-corrected chi connectivity index (χ0v) is 16.5. The van der Waals surface area contributed by atoms with Gasteiger partial charge in [-0.3, -0.25) is 14.9 Å². The number of anilines is 1. The first kappa shape index (κ1) is 19.4. The lowest BCUT2D eigenvalue weighted by atomic mass is 10.1. The summed E-state index contributed by atoms with van der Waals surface area (Å²) in [5, 5.41) is 7.51. The van der Waals surface area contributed by atoms with Crippen LogP contribution in [0.4, 0.5) is 5.13 Å². The molecule has 30 heavy (non-hydrogen) atoms. The summed E-state index contributed by atoms with van der Waals surface area (Å²) in [6.45, 7) is 0.154. The molecule has 0 atom stereocenters. The summed E-state index contributed by atoms with van der Waals surface area (Å²) < 4.78 is 10.7. The van der Waals surface area contributed by atoms with Gasteiger partial charge in [0.05, 0.1) is 0 Å². The fraction of sp³-hybridized carbons (Fsp3) is 0.0455. The van der Waals surface area contributed by atoms with Crippen molar-refractivity contribution in [1.82, 2.24) is 10.3 Å². The molecule has 2 N–H and O–H groups in total. The number of nitrogens with one attached hydrogen (secondary N) is 2. The predicted molar refractivity (Wildman–Crippen MR) is 115 cm³/mol. The molecule has 0 spiro atoms. The molecule has 150 valence electrons. The minimum atomic E-state index is -0.482. The lowest BCUT2D eigenvalue weighted by Crippen LogP contribution is -2.29. The Balaban J connectivity index is 1.55. The summed E-state index contributed by atoms with van der Waals surface area (Å²) in [7, 11) is 0. The molecule has 0 aliphatic carbocycles. The van der Waals surface area contributed by atoms with Crippen LogP contribution >= 0.6 is 11.3 Å². The molecule has 3 aromatic rings. The number of carbonyl (C=O) groups excluding carboxylic acids is 2. The summed E-state index contributed by atoms with van der Waals surface area (Å²) in [5.74, 6) is 0.304. The Labute approximate surface area is 176 Å². The Bertz CT molecular complexity index is 1110. The predicted octanol–water partition coefficient (Wildman–Crippen LogP) is 3.68. The molecule has 2 amide bonds. The van der Waals surface area contributed by atoms with E-state index in [4.69, 9.17) is 9.47 Å². The van der Waals surface area contributed by atoms with Gasteiger partial charge in [-0.2, -0.15) is 0 Å². The van der Waals surface area contributed by atoms with Gasteiger partial charge in [0.1, 0.15) is 5.70 Å². The first-order valence-corrected chi connectivity index (χ1v) is 9.92. The second-order valence-corrected chi connectivity index (χ2v) is 7.09. The van der Waals surface area contributed by atoms with Crippen molar-refractivity contribution >= 4 is 40.4 Å². The first-order valence-electron chi connectivity index (χ1n) is 9.04. The van der Waals surface area contributed by atoms with Crippen molar-refractivity contribution in [2.24, 2.45) is 0 Å². The Kier molecular flexibility index (Phi) is 5.86. The average Bonchev–Trinajstić information content (AvgIpc) is 3.44. The molecule has 0 saturated carbocycles. The number of fused-ring (bicyclic) bond motifs is 1. The largest absolute Gasteiger partial charge is 0.454 e. The van der Waals surface area contributed by atoms with E-state index in [-0.39, 0.29) is 12.5 Å². The second kappa shape index (κ2) is 9.06. The third-order valence-electron chi connectivity index (χ3n) is 4.09. The van der Waals surface area contributed by atoms with Gasteiger partial charge in [-0.25, -0.2) is 4.98 Å². The third-order valence-corrected chi connectivity index (χ3v) is 4.78. The minimum absolute atomic E-state index is 0.0757.